The van der Waals surface area contributed by atoms with Crippen molar-refractivity contribution in [2.24, 2.45) is 0 Å². The zero-order valence-electron chi connectivity index (χ0n) is 8.72. The summed E-state index contributed by atoms with van der Waals surface area (Å²) in [5.74, 6) is -0.214. The van der Waals surface area contributed by atoms with E-state index < -0.39 is 0 Å². The lowest BCUT2D eigenvalue weighted by molar-refractivity contribution is -0.113. The first kappa shape index (κ1) is 11.9. The van der Waals surface area contributed by atoms with E-state index in [1.54, 1.807) is 0 Å². The molecule has 0 saturated heterocycles. The first-order valence-corrected chi connectivity index (χ1v) is 4.78. The molecule has 0 heterocycles. The molecule has 0 aromatic heterocycles. The van der Waals surface area contributed by atoms with E-state index in [9.17, 15) is 9.59 Å². The van der Waals surface area contributed by atoms with Crippen molar-refractivity contribution in [2.75, 3.05) is 0 Å². The number of ketones is 2. The summed E-state index contributed by atoms with van der Waals surface area (Å²) in [6, 6.07) is 5.93. The number of carbonyl (C=O) groups is 2. The van der Waals surface area contributed by atoms with Gasteiger partial charge < -0.3 is 5.11 Å². The molecule has 1 N–H and O–H groups in total. The average molecular weight is 216 g/mol. The Morgan fingerprint density at radius 3 is 2.44 bits per heavy atom. The van der Waals surface area contributed by atoms with E-state index in [2.05, 4.69) is 6.58 Å². The number of hydrogen-bond acceptors (Lipinski definition) is 3. The third-order valence-electron chi connectivity index (χ3n) is 1.97. The van der Waals surface area contributed by atoms with Crippen molar-refractivity contribution in [3.05, 3.63) is 54.6 Å². The number of carbonyl (C=O) groups excluding carboxylic acids is 2. The molecular weight excluding hydrogens is 204 g/mol. The second-order valence-corrected chi connectivity index (χ2v) is 3.19. The molecule has 82 valence electrons. The number of phenolic OH excluding ortho intramolecular Hbond substituents is 1. The summed E-state index contributed by atoms with van der Waals surface area (Å²) >= 11 is 0. The topological polar surface area (TPSA) is 54.4 Å². The molecule has 0 saturated carbocycles. The second kappa shape index (κ2) is 5.66. The van der Waals surface area contributed by atoms with Crippen LogP contribution in [0.15, 0.2) is 49.1 Å². The molecule has 0 bridgehead atoms. The zero-order valence-corrected chi connectivity index (χ0v) is 8.72. The Kier molecular flexibility index (Phi) is 4.21. The lowest BCUT2D eigenvalue weighted by Crippen LogP contribution is -1.94. The minimum Gasteiger partial charge on any atom is -0.508 e. The average Bonchev–Trinajstić information content (AvgIpc) is 2.29. The van der Waals surface area contributed by atoms with Gasteiger partial charge in [0, 0.05) is 12.0 Å². The normalized spacial score (nSPS) is 10.2. The largest absolute Gasteiger partial charge is 0.508 e. The van der Waals surface area contributed by atoms with Gasteiger partial charge in [-0.05, 0) is 36.4 Å². The number of aromatic hydroxyl groups is 1. The van der Waals surface area contributed by atoms with Crippen LogP contribution in [0.3, 0.4) is 0 Å². The predicted molar refractivity (Wildman–Crippen MR) is 61.4 cm³/mol. The van der Waals surface area contributed by atoms with Gasteiger partial charge in [0.25, 0.3) is 0 Å². The third-order valence-corrected chi connectivity index (χ3v) is 1.97. The molecule has 16 heavy (non-hydrogen) atoms. The molecular formula is C13H12O3. The number of allylic oxidation sites excluding steroid dienone is 3. The number of benzene rings is 1. The predicted octanol–water partition coefficient (Wildman–Crippen LogP) is 2.28. The van der Waals surface area contributed by atoms with E-state index in [1.807, 2.05) is 0 Å². The van der Waals surface area contributed by atoms with Crippen LogP contribution in [0.25, 0.3) is 0 Å². The fraction of sp³-hybridized carbons (Fsp3) is 0.0769. The van der Waals surface area contributed by atoms with E-state index in [0.717, 1.165) is 0 Å². The third kappa shape index (κ3) is 3.53. The van der Waals surface area contributed by atoms with Crippen LogP contribution < -0.4 is 0 Å². The summed E-state index contributed by atoms with van der Waals surface area (Å²) in [4.78, 5) is 22.4. The lowest BCUT2D eigenvalue weighted by atomic mass is 10.1. The summed E-state index contributed by atoms with van der Waals surface area (Å²) in [5, 5.41) is 9.03. The van der Waals surface area contributed by atoms with Gasteiger partial charge >= 0.3 is 0 Å². The van der Waals surface area contributed by atoms with Gasteiger partial charge in [-0.2, -0.15) is 0 Å². The molecule has 1 aromatic rings. The van der Waals surface area contributed by atoms with Gasteiger partial charge in [0.2, 0.25) is 0 Å². The molecule has 0 unspecified atom stereocenters. The van der Waals surface area contributed by atoms with Crippen molar-refractivity contribution in [2.45, 2.75) is 6.42 Å². The fourth-order valence-electron chi connectivity index (χ4n) is 1.09. The van der Waals surface area contributed by atoms with Crippen molar-refractivity contribution in [3.63, 3.8) is 0 Å². The maximum atomic E-state index is 11.5. The van der Waals surface area contributed by atoms with Crippen molar-refractivity contribution in [1.29, 1.82) is 0 Å². The number of rotatable bonds is 5. The van der Waals surface area contributed by atoms with E-state index >= 15 is 0 Å². The van der Waals surface area contributed by atoms with Gasteiger partial charge in [0.05, 0.1) is 0 Å². The summed E-state index contributed by atoms with van der Waals surface area (Å²) in [5.41, 5.74) is 0.472. The molecule has 0 aliphatic rings. The molecule has 3 nitrogen and oxygen atoms in total. The molecule has 0 aliphatic carbocycles. The van der Waals surface area contributed by atoms with Crippen LogP contribution in [0.5, 0.6) is 5.75 Å². The highest BCUT2D eigenvalue weighted by Crippen LogP contribution is 2.10. The van der Waals surface area contributed by atoms with Crippen LogP contribution in [0.4, 0.5) is 0 Å². The molecule has 0 amide bonds. The number of hydrogen-bond donors (Lipinski definition) is 1. The SMILES string of the molecule is C=CC(=O)CC=CC(=O)c1ccc(O)cc1. The van der Waals surface area contributed by atoms with Crippen molar-refractivity contribution in [1.82, 2.24) is 0 Å². The zero-order chi connectivity index (χ0) is 12.0. The highest BCUT2D eigenvalue weighted by atomic mass is 16.3. The van der Waals surface area contributed by atoms with Crippen molar-refractivity contribution >= 4 is 11.6 Å². The van der Waals surface area contributed by atoms with Crippen LogP contribution in [-0.2, 0) is 4.79 Å². The second-order valence-electron chi connectivity index (χ2n) is 3.19. The Labute approximate surface area is 93.7 Å². The van der Waals surface area contributed by atoms with E-state index in [4.69, 9.17) is 5.11 Å². The Balaban J connectivity index is 2.62. The maximum Gasteiger partial charge on any atom is 0.185 e. The van der Waals surface area contributed by atoms with E-state index in [-0.39, 0.29) is 23.7 Å². The van der Waals surface area contributed by atoms with Gasteiger partial charge in [-0.15, -0.1) is 0 Å². The van der Waals surface area contributed by atoms with Crippen LogP contribution in [0.1, 0.15) is 16.8 Å². The van der Waals surface area contributed by atoms with Crippen LogP contribution in [0.2, 0.25) is 0 Å². The Bertz CT molecular complexity index is 427. The minimum absolute atomic E-state index is 0.113. The maximum absolute atomic E-state index is 11.5. The quantitative estimate of drug-likeness (QED) is 0.606. The molecule has 0 fully saturated rings. The molecule has 0 aliphatic heterocycles. The standard InChI is InChI=1S/C13H12O3/c1-2-11(14)4-3-5-13(16)10-6-8-12(15)9-7-10/h2-3,5-9,15H,1,4H2. The summed E-state index contributed by atoms with van der Waals surface area (Å²) in [6.07, 6.45) is 4.23. The number of phenols is 1. The van der Waals surface area contributed by atoms with Gasteiger partial charge in [0.15, 0.2) is 11.6 Å². The summed E-state index contributed by atoms with van der Waals surface area (Å²) in [6.45, 7) is 3.33. The molecule has 1 rings (SSSR count). The Hall–Kier alpha value is -2.16. The highest BCUT2D eigenvalue weighted by molar-refractivity contribution is 6.05. The smallest absolute Gasteiger partial charge is 0.185 e. The first-order chi connectivity index (χ1) is 7.63. The van der Waals surface area contributed by atoms with Crippen LogP contribution in [-0.4, -0.2) is 16.7 Å². The first-order valence-electron chi connectivity index (χ1n) is 4.78. The Morgan fingerprint density at radius 2 is 1.88 bits per heavy atom. The molecule has 1 aromatic carbocycles. The van der Waals surface area contributed by atoms with Gasteiger partial charge in [0.1, 0.15) is 5.75 Å². The van der Waals surface area contributed by atoms with Gasteiger partial charge in [-0.1, -0.05) is 12.7 Å². The molecule has 0 atom stereocenters. The van der Waals surface area contributed by atoms with Gasteiger partial charge in [-0.25, -0.2) is 0 Å². The van der Waals surface area contributed by atoms with Crippen molar-refractivity contribution < 1.29 is 14.7 Å². The monoisotopic (exact) mass is 216 g/mol. The summed E-state index contributed by atoms with van der Waals surface area (Å²) in [7, 11) is 0. The Morgan fingerprint density at radius 1 is 1.25 bits per heavy atom. The molecule has 0 spiro atoms. The van der Waals surface area contributed by atoms with Gasteiger partial charge in [-0.3, -0.25) is 9.59 Å². The minimum atomic E-state index is -0.197. The fourth-order valence-corrected chi connectivity index (χ4v) is 1.09. The molecule has 0 radical (unpaired) electrons. The van der Waals surface area contributed by atoms with E-state index in [1.165, 1.54) is 42.5 Å². The van der Waals surface area contributed by atoms with Crippen LogP contribution >= 0.6 is 0 Å². The molecule has 3 heteroatoms. The van der Waals surface area contributed by atoms with Crippen LogP contribution in [0, 0.1) is 0 Å². The highest BCUT2D eigenvalue weighted by Gasteiger charge is 2.01. The van der Waals surface area contributed by atoms with E-state index in [0.29, 0.717) is 5.56 Å². The van der Waals surface area contributed by atoms with Crippen molar-refractivity contribution in [3.8, 4) is 5.75 Å². The summed E-state index contributed by atoms with van der Waals surface area (Å²) < 4.78 is 0. The lowest BCUT2D eigenvalue weighted by Gasteiger charge is -1.95.